The molecular weight excluding hydrogens is 230 g/mol. The van der Waals surface area contributed by atoms with Crippen LogP contribution in [0.25, 0.3) is 0 Å². The smallest absolute Gasteiger partial charge is 0.326 e. The van der Waals surface area contributed by atoms with Crippen molar-refractivity contribution >= 4 is 11.7 Å². The number of carbonyl (C=O) groups is 1. The normalized spacial score (nSPS) is 11.9. The maximum Gasteiger partial charge on any atom is 0.326 e. The summed E-state index contributed by atoms with van der Waals surface area (Å²) >= 11 is 0. The van der Waals surface area contributed by atoms with E-state index in [1.165, 1.54) is 0 Å². The zero-order chi connectivity index (χ0) is 13.5. The number of likely N-dealkylation sites (N-methyl/N-ethyl adjacent to an activating group) is 1. The van der Waals surface area contributed by atoms with Gasteiger partial charge in [0, 0.05) is 12.2 Å². The van der Waals surface area contributed by atoms with Gasteiger partial charge >= 0.3 is 5.97 Å². The number of anilines is 1. The Hall–Kier alpha value is -1.71. The van der Waals surface area contributed by atoms with Crippen LogP contribution in [0.15, 0.2) is 24.3 Å². The summed E-state index contributed by atoms with van der Waals surface area (Å²) in [7, 11) is 0. The van der Waals surface area contributed by atoms with Crippen molar-refractivity contribution < 1.29 is 14.6 Å². The van der Waals surface area contributed by atoms with Gasteiger partial charge in [-0.25, -0.2) is 4.79 Å². The lowest BCUT2D eigenvalue weighted by Gasteiger charge is -2.29. The molecule has 0 saturated carbocycles. The molecule has 1 aromatic rings. The van der Waals surface area contributed by atoms with Gasteiger partial charge in [0.05, 0.1) is 6.61 Å². The Morgan fingerprint density at radius 2 is 1.89 bits per heavy atom. The van der Waals surface area contributed by atoms with Crippen LogP contribution in [0, 0.1) is 0 Å². The lowest BCUT2D eigenvalue weighted by Crippen LogP contribution is -2.40. The molecular formula is C14H21NO3. The van der Waals surface area contributed by atoms with Gasteiger partial charge in [0.15, 0.2) is 0 Å². The van der Waals surface area contributed by atoms with Gasteiger partial charge in [0.2, 0.25) is 0 Å². The molecule has 0 amide bonds. The third kappa shape index (κ3) is 3.39. The first-order chi connectivity index (χ1) is 8.63. The van der Waals surface area contributed by atoms with Crippen molar-refractivity contribution in [3.8, 4) is 5.75 Å². The summed E-state index contributed by atoms with van der Waals surface area (Å²) in [6.07, 6.45) is 0.580. The number of hydrogen-bond donors (Lipinski definition) is 1. The molecule has 0 aliphatic rings. The summed E-state index contributed by atoms with van der Waals surface area (Å²) in [6, 6.07) is 7.07. The van der Waals surface area contributed by atoms with Crippen molar-refractivity contribution in [2.24, 2.45) is 0 Å². The lowest BCUT2D eigenvalue weighted by atomic mass is 10.1. The molecule has 0 unspecified atom stereocenters. The van der Waals surface area contributed by atoms with Crippen LogP contribution in [0.1, 0.15) is 27.2 Å². The van der Waals surface area contributed by atoms with Crippen LogP contribution in [-0.2, 0) is 4.79 Å². The van der Waals surface area contributed by atoms with Crippen LogP contribution in [0.2, 0.25) is 0 Å². The van der Waals surface area contributed by atoms with Gasteiger partial charge in [-0.3, -0.25) is 0 Å². The van der Waals surface area contributed by atoms with Gasteiger partial charge in [0.1, 0.15) is 11.8 Å². The highest BCUT2D eigenvalue weighted by Gasteiger charge is 2.22. The molecule has 0 radical (unpaired) electrons. The fourth-order valence-corrected chi connectivity index (χ4v) is 2.01. The van der Waals surface area contributed by atoms with Crippen LogP contribution in [0.3, 0.4) is 0 Å². The van der Waals surface area contributed by atoms with Gasteiger partial charge in [-0.2, -0.15) is 0 Å². The van der Waals surface area contributed by atoms with Gasteiger partial charge in [-0.15, -0.1) is 0 Å². The second kappa shape index (κ2) is 6.89. The Labute approximate surface area is 108 Å². The van der Waals surface area contributed by atoms with E-state index in [2.05, 4.69) is 0 Å². The van der Waals surface area contributed by atoms with Gasteiger partial charge < -0.3 is 14.7 Å². The van der Waals surface area contributed by atoms with Crippen molar-refractivity contribution in [3.63, 3.8) is 0 Å². The second-order valence-electron chi connectivity index (χ2n) is 3.98. The third-order valence-corrected chi connectivity index (χ3v) is 2.87. The number of hydrogen-bond acceptors (Lipinski definition) is 3. The Kier molecular flexibility index (Phi) is 5.49. The molecule has 0 fully saturated rings. The van der Waals surface area contributed by atoms with Crippen LogP contribution >= 0.6 is 0 Å². The number of nitrogens with zero attached hydrogens (tertiary/aromatic N) is 1. The van der Waals surface area contributed by atoms with Crippen LogP contribution in [0.4, 0.5) is 5.69 Å². The molecule has 0 aliphatic heterocycles. The summed E-state index contributed by atoms with van der Waals surface area (Å²) < 4.78 is 5.37. The van der Waals surface area contributed by atoms with E-state index < -0.39 is 12.0 Å². The monoisotopic (exact) mass is 251 g/mol. The molecule has 0 bridgehead atoms. The number of carboxylic acids is 1. The number of aliphatic carboxylic acids is 1. The Morgan fingerprint density at radius 3 is 2.28 bits per heavy atom. The minimum atomic E-state index is -0.784. The first kappa shape index (κ1) is 14.4. The molecule has 1 rings (SSSR count). The van der Waals surface area contributed by atoms with E-state index in [1.807, 2.05) is 49.9 Å². The van der Waals surface area contributed by atoms with E-state index in [4.69, 9.17) is 4.74 Å². The molecule has 0 aliphatic carbocycles. The Morgan fingerprint density at radius 1 is 1.28 bits per heavy atom. The SMILES string of the molecule is CCOc1ccc(N(CC)[C@H](CC)C(=O)O)cc1. The van der Waals surface area contributed by atoms with Crippen LogP contribution in [0.5, 0.6) is 5.75 Å². The molecule has 1 N–H and O–H groups in total. The van der Waals surface area contributed by atoms with Crippen molar-refractivity contribution in [2.75, 3.05) is 18.1 Å². The summed E-state index contributed by atoms with van der Waals surface area (Å²) in [6.45, 7) is 7.07. The Balaban J connectivity index is 2.90. The highest BCUT2D eigenvalue weighted by atomic mass is 16.5. The van der Waals surface area contributed by atoms with E-state index in [1.54, 1.807) is 0 Å². The second-order valence-corrected chi connectivity index (χ2v) is 3.98. The average Bonchev–Trinajstić information content (AvgIpc) is 2.37. The van der Waals surface area contributed by atoms with Gasteiger partial charge in [-0.05, 0) is 44.5 Å². The predicted molar refractivity (Wildman–Crippen MR) is 72.3 cm³/mol. The largest absolute Gasteiger partial charge is 0.494 e. The molecule has 0 heterocycles. The average molecular weight is 251 g/mol. The summed E-state index contributed by atoms with van der Waals surface area (Å²) in [5.41, 5.74) is 0.912. The zero-order valence-corrected chi connectivity index (χ0v) is 11.2. The van der Waals surface area contributed by atoms with Crippen molar-refractivity contribution in [1.29, 1.82) is 0 Å². The van der Waals surface area contributed by atoms with E-state index in [-0.39, 0.29) is 0 Å². The maximum atomic E-state index is 11.2. The number of rotatable bonds is 7. The van der Waals surface area contributed by atoms with Crippen molar-refractivity contribution in [3.05, 3.63) is 24.3 Å². The van der Waals surface area contributed by atoms with Gasteiger partial charge in [-0.1, -0.05) is 6.92 Å². The molecule has 0 saturated heterocycles. The first-order valence-corrected chi connectivity index (χ1v) is 6.36. The minimum Gasteiger partial charge on any atom is -0.494 e. The van der Waals surface area contributed by atoms with Gasteiger partial charge in [0.25, 0.3) is 0 Å². The summed E-state index contributed by atoms with van der Waals surface area (Å²) in [4.78, 5) is 13.1. The van der Waals surface area contributed by atoms with E-state index >= 15 is 0 Å². The first-order valence-electron chi connectivity index (χ1n) is 6.36. The van der Waals surface area contributed by atoms with Crippen molar-refractivity contribution in [1.82, 2.24) is 0 Å². The maximum absolute atomic E-state index is 11.2. The molecule has 0 spiro atoms. The molecule has 1 aromatic carbocycles. The third-order valence-electron chi connectivity index (χ3n) is 2.87. The summed E-state index contributed by atoms with van der Waals surface area (Å²) in [5.74, 6) is 0.0221. The number of ether oxygens (including phenoxy) is 1. The minimum absolute atomic E-state index is 0.479. The zero-order valence-electron chi connectivity index (χ0n) is 11.2. The molecule has 0 aromatic heterocycles. The number of benzene rings is 1. The molecule has 100 valence electrons. The molecule has 4 heteroatoms. The van der Waals surface area contributed by atoms with Crippen molar-refractivity contribution in [2.45, 2.75) is 33.2 Å². The van der Waals surface area contributed by atoms with E-state index in [0.717, 1.165) is 11.4 Å². The molecule has 18 heavy (non-hydrogen) atoms. The predicted octanol–water partition coefficient (Wildman–Crippen LogP) is 2.77. The Bertz CT molecular complexity index is 375. The highest BCUT2D eigenvalue weighted by molar-refractivity contribution is 5.78. The molecule has 1 atom stereocenters. The standard InChI is InChI=1S/C14H21NO3/c1-4-13(14(16)17)15(5-2)11-7-9-12(10-8-11)18-6-3/h7-10,13H,4-6H2,1-3H3,(H,16,17)/t13-/m1/s1. The summed E-state index contributed by atoms with van der Waals surface area (Å²) in [5, 5.41) is 9.21. The molecule has 4 nitrogen and oxygen atoms in total. The highest BCUT2D eigenvalue weighted by Crippen LogP contribution is 2.22. The van der Waals surface area contributed by atoms with E-state index in [0.29, 0.717) is 19.6 Å². The fourth-order valence-electron chi connectivity index (χ4n) is 2.01. The number of carboxylic acid groups (broad SMARTS) is 1. The van der Waals surface area contributed by atoms with Crippen LogP contribution in [-0.4, -0.2) is 30.3 Å². The topological polar surface area (TPSA) is 49.8 Å². The quantitative estimate of drug-likeness (QED) is 0.809. The van der Waals surface area contributed by atoms with E-state index in [9.17, 15) is 9.90 Å². The fraction of sp³-hybridized carbons (Fsp3) is 0.500. The lowest BCUT2D eigenvalue weighted by molar-refractivity contribution is -0.138. The van der Waals surface area contributed by atoms with Crippen LogP contribution < -0.4 is 9.64 Å².